The van der Waals surface area contributed by atoms with Crippen molar-refractivity contribution in [1.82, 2.24) is 4.98 Å². The second-order valence-electron chi connectivity index (χ2n) is 5.58. The minimum atomic E-state index is 0.0666. The number of ether oxygens (including phenoxy) is 2. The molecule has 24 heavy (non-hydrogen) atoms. The summed E-state index contributed by atoms with van der Waals surface area (Å²) in [5.41, 5.74) is 0.752. The Kier molecular flexibility index (Phi) is 3.09. The van der Waals surface area contributed by atoms with Gasteiger partial charge < -0.3 is 19.7 Å². The Hall–Kier alpha value is -3.21. The predicted octanol–water partition coefficient (Wildman–Crippen LogP) is 3.97. The van der Waals surface area contributed by atoms with Crippen LogP contribution in [0.2, 0.25) is 0 Å². The molecule has 4 aromatic rings. The van der Waals surface area contributed by atoms with E-state index in [9.17, 15) is 10.2 Å². The van der Waals surface area contributed by atoms with E-state index >= 15 is 0 Å². The Labute approximate surface area is 137 Å². The van der Waals surface area contributed by atoms with Crippen LogP contribution >= 0.6 is 0 Å². The standard InChI is InChI=1S/C19H15NO4/c1-23-17-5-10-3-4-12-13-7-15(21)18(24-2)6-11(13)9-20-19(12)14(10)8-16(17)22/h3-9,21-22H,1-2H3. The zero-order valence-corrected chi connectivity index (χ0v) is 13.2. The number of hydrogen-bond donors (Lipinski definition) is 2. The first kappa shape index (κ1) is 14.4. The fourth-order valence-corrected chi connectivity index (χ4v) is 3.07. The first-order valence-electron chi connectivity index (χ1n) is 7.41. The second kappa shape index (κ2) is 5.16. The third kappa shape index (κ3) is 1.98. The number of fused-ring (bicyclic) bond motifs is 5. The summed E-state index contributed by atoms with van der Waals surface area (Å²) in [4.78, 5) is 4.55. The Morgan fingerprint density at radius 2 is 1.38 bits per heavy atom. The van der Waals surface area contributed by atoms with Gasteiger partial charge in [-0.2, -0.15) is 0 Å². The van der Waals surface area contributed by atoms with Gasteiger partial charge in [0, 0.05) is 22.4 Å². The molecule has 0 fully saturated rings. The van der Waals surface area contributed by atoms with Crippen molar-refractivity contribution in [3.8, 4) is 23.0 Å². The minimum absolute atomic E-state index is 0.0666. The van der Waals surface area contributed by atoms with Gasteiger partial charge in [-0.25, -0.2) is 0 Å². The summed E-state index contributed by atoms with van der Waals surface area (Å²) < 4.78 is 10.3. The summed E-state index contributed by atoms with van der Waals surface area (Å²) in [7, 11) is 3.03. The molecule has 0 bridgehead atoms. The van der Waals surface area contributed by atoms with Crippen LogP contribution in [-0.2, 0) is 0 Å². The molecule has 0 radical (unpaired) electrons. The third-order valence-electron chi connectivity index (χ3n) is 4.26. The number of hydrogen-bond acceptors (Lipinski definition) is 5. The van der Waals surface area contributed by atoms with Crippen LogP contribution in [0.5, 0.6) is 23.0 Å². The molecule has 0 unspecified atom stereocenters. The maximum Gasteiger partial charge on any atom is 0.161 e. The number of nitrogens with zero attached hydrogens (tertiary/aromatic N) is 1. The van der Waals surface area contributed by atoms with Crippen molar-refractivity contribution in [2.24, 2.45) is 0 Å². The number of benzene rings is 3. The van der Waals surface area contributed by atoms with Crippen LogP contribution in [0.15, 0.2) is 42.6 Å². The Morgan fingerprint density at radius 1 is 0.750 bits per heavy atom. The van der Waals surface area contributed by atoms with Crippen molar-refractivity contribution in [2.45, 2.75) is 0 Å². The zero-order valence-electron chi connectivity index (χ0n) is 13.2. The topological polar surface area (TPSA) is 71.8 Å². The van der Waals surface area contributed by atoms with Crippen molar-refractivity contribution in [3.63, 3.8) is 0 Å². The Morgan fingerprint density at radius 3 is 2.04 bits per heavy atom. The first-order valence-corrected chi connectivity index (χ1v) is 7.41. The van der Waals surface area contributed by atoms with Crippen LogP contribution in [-0.4, -0.2) is 29.4 Å². The number of methoxy groups -OCH3 is 2. The highest BCUT2D eigenvalue weighted by Gasteiger charge is 2.12. The lowest BCUT2D eigenvalue weighted by Gasteiger charge is -2.11. The molecular weight excluding hydrogens is 306 g/mol. The molecule has 0 aliphatic heterocycles. The van der Waals surface area contributed by atoms with Gasteiger partial charge in [0.25, 0.3) is 0 Å². The van der Waals surface area contributed by atoms with Gasteiger partial charge in [-0.05, 0) is 35.0 Å². The fourth-order valence-electron chi connectivity index (χ4n) is 3.07. The van der Waals surface area contributed by atoms with Gasteiger partial charge in [0.1, 0.15) is 0 Å². The highest BCUT2D eigenvalue weighted by atomic mass is 16.5. The molecule has 0 amide bonds. The smallest absolute Gasteiger partial charge is 0.161 e. The quantitative estimate of drug-likeness (QED) is 0.547. The molecule has 0 spiro atoms. The van der Waals surface area contributed by atoms with E-state index in [1.165, 1.54) is 14.2 Å². The van der Waals surface area contributed by atoms with Crippen LogP contribution in [0.4, 0.5) is 0 Å². The van der Waals surface area contributed by atoms with E-state index in [0.29, 0.717) is 11.5 Å². The van der Waals surface area contributed by atoms with Gasteiger partial charge in [0.05, 0.1) is 19.7 Å². The molecular formula is C19H15NO4. The highest BCUT2D eigenvalue weighted by Crippen LogP contribution is 2.38. The van der Waals surface area contributed by atoms with Gasteiger partial charge >= 0.3 is 0 Å². The zero-order chi connectivity index (χ0) is 16.8. The minimum Gasteiger partial charge on any atom is -0.504 e. The van der Waals surface area contributed by atoms with Gasteiger partial charge in [-0.1, -0.05) is 12.1 Å². The number of aromatic nitrogens is 1. The number of pyridine rings is 1. The van der Waals surface area contributed by atoms with Gasteiger partial charge in [-0.3, -0.25) is 4.98 Å². The van der Waals surface area contributed by atoms with Crippen molar-refractivity contribution in [3.05, 3.63) is 42.6 Å². The lowest BCUT2D eigenvalue weighted by molar-refractivity contribution is 0.374. The van der Waals surface area contributed by atoms with Crippen LogP contribution in [0.25, 0.3) is 32.4 Å². The molecule has 0 saturated carbocycles. The second-order valence-corrected chi connectivity index (χ2v) is 5.58. The highest BCUT2D eigenvalue weighted by molar-refractivity contribution is 6.15. The van der Waals surface area contributed by atoms with Crippen molar-refractivity contribution < 1.29 is 19.7 Å². The van der Waals surface area contributed by atoms with E-state index in [2.05, 4.69) is 4.98 Å². The van der Waals surface area contributed by atoms with Crippen LogP contribution in [0.1, 0.15) is 0 Å². The van der Waals surface area contributed by atoms with Crippen molar-refractivity contribution in [2.75, 3.05) is 14.2 Å². The van der Waals surface area contributed by atoms with E-state index < -0.39 is 0 Å². The SMILES string of the molecule is COc1cc2cnc3c4cc(O)c(OC)cc4ccc3c2cc1O. The van der Waals surface area contributed by atoms with Crippen molar-refractivity contribution >= 4 is 32.4 Å². The lowest BCUT2D eigenvalue weighted by atomic mass is 10.0. The van der Waals surface area contributed by atoms with Crippen LogP contribution in [0.3, 0.4) is 0 Å². The molecule has 1 aromatic heterocycles. The maximum absolute atomic E-state index is 10.1. The van der Waals surface area contributed by atoms with E-state index in [-0.39, 0.29) is 11.5 Å². The average Bonchev–Trinajstić information content (AvgIpc) is 2.60. The number of phenols is 2. The van der Waals surface area contributed by atoms with Gasteiger partial charge in [0.2, 0.25) is 0 Å². The predicted molar refractivity (Wildman–Crippen MR) is 93.2 cm³/mol. The molecule has 5 heteroatoms. The molecule has 3 aromatic carbocycles. The maximum atomic E-state index is 10.1. The number of aromatic hydroxyl groups is 2. The fraction of sp³-hybridized carbons (Fsp3) is 0.105. The number of rotatable bonds is 2. The molecule has 120 valence electrons. The summed E-state index contributed by atoms with van der Waals surface area (Å²) in [6.07, 6.45) is 1.74. The first-order chi connectivity index (χ1) is 11.6. The monoisotopic (exact) mass is 321 g/mol. The van der Waals surface area contributed by atoms with E-state index in [1.54, 1.807) is 30.5 Å². The van der Waals surface area contributed by atoms with Gasteiger partial charge in [-0.15, -0.1) is 0 Å². The van der Waals surface area contributed by atoms with Crippen LogP contribution in [0, 0.1) is 0 Å². The Bertz CT molecular complexity index is 1020. The third-order valence-corrected chi connectivity index (χ3v) is 4.26. The Balaban J connectivity index is 2.12. The summed E-state index contributed by atoms with van der Waals surface area (Å²) in [6.45, 7) is 0. The number of phenolic OH excluding ortho intramolecular Hbond substituents is 2. The molecule has 0 saturated heterocycles. The largest absolute Gasteiger partial charge is 0.504 e. The van der Waals surface area contributed by atoms with E-state index in [1.807, 2.05) is 12.1 Å². The summed E-state index contributed by atoms with van der Waals surface area (Å²) >= 11 is 0. The molecule has 4 rings (SSSR count). The average molecular weight is 321 g/mol. The normalized spacial score (nSPS) is 11.2. The van der Waals surface area contributed by atoms with Crippen molar-refractivity contribution in [1.29, 1.82) is 0 Å². The van der Waals surface area contributed by atoms with Crippen LogP contribution < -0.4 is 9.47 Å². The summed E-state index contributed by atoms with van der Waals surface area (Å²) in [5.74, 6) is 0.976. The summed E-state index contributed by atoms with van der Waals surface area (Å²) in [5, 5.41) is 24.5. The molecule has 1 heterocycles. The molecule has 0 aliphatic carbocycles. The van der Waals surface area contributed by atoms with Gasteiger partial charge in [0.15, 0.2) is 23.0 Å². The molecule has 5 nitrogen and oxygen atoms in total. The van der Waals surface area contributed by atoms with E-state index in [4.69, 9.17) is 9.47 Å². The molecule has 2 N–H and O–H groups in total. The summed E-state index contributed by atoms with van der Waals surface area (Å²) in [6, 6.07) is 10.8. The van der Waals surface area contributed by atoms with E-state index in [0.717, 1.165) is 32.4 Å². The molecule has 0 atom stereocenters. The lowest BCUT2D eigenvalue weighted by Crippen LogP contribution is -1.89. The molecule has 0 aliphatic rings.